The molecule has 17 heavy (non-hydrogen) atoms. The Balaban J connectivity index is 1.51. The first kappa shape index (κ1) is 12.5. The second kappa shape index (κ2) is 7.41. The van der Waals surface area contributed by atoms with Gasteiger partial charge in [0.1, 0.15) is 0 Å². The molecule has 1 aromatic rings. The molecule has 1 atom stereocenters. The number of piperidine rings is 1. The molecule has 0 aliphatic carbocycles. The van der Waals surface area contributed by atoms with Crippen LogP contribution in [0.5, 0.6) is 0 Å². The number of hydrogen-bond acceptors (Lipinski definition) is 3. The van der Waals surface area contributed by atoms with E-state index >= 15 is 0 Å². The molecule has 1 aromatic heterocycles. The van der Waals surface area contributed by atoms with Gasteiger partial charge in [-0.05, 0) is 49.9 Å². The molecule has 3 heteroatoms. The number of aromatic nitrogens is 1. The maximum atomic E-state index is 5.72. The van der Waals surface area contributed by atoms with Gasteiger partial charge >= 0.3 is 0 Å². The highest BCUT2D eigenvalue weighted by Crippen LogP contribution is 2.07. The summed E-state index contributed by atoms with van der Waals surface area (Å²) >= 11 is 0. The summed E-state index contributed by atoms with van der Waals surface area (Å²) in [5.41, 5.74) is 1.35. The number of nitrogens with zero attached hydrogens (tertiary/aromatic N) is 1. The SMILES string of the molecule is c1cc(CCCOCC2CCCCN2)ccn1. The smallest absolute Gasteiger partial charge is 0.0619 e. The zero-order valence-corrected chi connectivity index (χ0v) is 10.4. The van der Waals surface area contributed by atoms with Crippen molar-refractivity contribution in [3.8, 4) is 0 Å². The first-order chi connectivity index (χ1) is 8.45. The molecular weight excluding hydrogens is 212 g/mol. The molecule has 0 amide bonds. The average Bonchev–Trinajstić information content (AvgIpc) is 2.41. The summed E-state index contributed by atoms with van der Waals surface area (Å²) in [5, 5.41) is 3.49. The predicted octanol–water partition coefficient (Wildman–Crippen LogP) is 2.17. The third-order valence-electron chi connectivity index (χ3n) is 3.23. The van der Waals surface area contributed by atoms with E-state index in [1.807, 2.05) is 12.4 Å². The minimum atomic E-state index is 0.588. The second-order valence-electron chi connectivity index (χ2n) is 4.68. The zero-order chi connectivity index (χ0) is 11.8. The Morgan fingerprint density at radius 3 is 2.94 bits per heavy atom. The lowest BCUT2D eigenvalue weighted by molar-refractivity contribution is 0.101. The largest absolute Gasteiger partial charge is 0.380 e. The summed E-state index contributed by atoms with van der Waals surface area (Å²) in [6.07, 6.45) is 9.81. The van der Waals surface area contributed by atoms with Gasteiger partial charge in [0, 0.05) is 25.0 Å². The van der Waals surface area contributed by atoms with Gasteiger partial charge in [-0.1, -0.05) is 6.42 Å². The summed E-state index contributed by atoms with van der Waals surface area (Å²) in [5.74, 6) is 0. The van der Waals surface area contributed by atoms with Crippen molar-refractivity contribution in [3.63, 3.8) is 0 Å². The molecule has 1 aliphatic heterocycles. The van der Waals surface area contributed by atoms with Gasteiger partial charge in [0.25, 0.3) is 0 Å². The fourth-order valence-corrected chi connectivity index (χ4v) is 2.22. The van der Waals surface area contributed by atoms with E-state index < -0.39 is 0 Å². The van der Waals surface area contributed by atoms with Gasteiger partial charge in [-0.25, -0.2) is 0 Å². The number of ether oxygens (including phenoxy) is 1. The fourth-order valence-electron chi connectivity index (χ4n) is 2.22. The van der Waals surface area contributed by atoms with Crippen molar-refractivity contribution in [1.82, 2.24) is 10.3 Å². The molecule has 0 aromatic carbocycles. The molecule has 1 aliphatic rings. The summed E-state index contributed by atoms with van der Waals surface area (Å²) < 4.78 is 5.72. The van der Waals surface area contributed by atoms with Crippen molar-refractivity contribution in [1.29, 1.82) is 0 Å². The molecule has 1 fully saturated rings. The van der Waals surface area contributed by atoms with Gasteiger partial charge in [-0.3, -0.25) is 4.98 Å². The van der Waals surface area contributed by atoms with E-state index in [2.05, 4.69) is 22.4 Å². The van der Waals surface area contributed by atoms with Gasteiger partial charge in [0.15, 0.2) is 0 Å². The van der Waals surface area contributed by atoms with Crippen LogP contribution in [-0.2, 0) is 11.2 Å². The van der Waals surface area contributed by atoms with E-state index in [1.165, 1.54) is 24.8 Å². The normalized spacial score (nSPS) is 20.4. The topological polar surface area (TPSA) is 34.1 Å². The Morgan fingerprint density at radius 2 is 2.18 bits per heavy atom. The zero-order valence-electron chi connectivity index (χ0n) is 10.4. The summed E-state index contributed by atoms with van der Waals surface area (Å²) in [4.78, 5) is 4.01. The molecule has 3 nitrogen and oxygen atoms in total. The second-order valence-corrected chi connectivity index (χ2v) is 4.68. The first-order valence-electron chi connectivity index (χ1n) is 6.65. The fraction of sp³-hybridized carbons (Fsp3) is 0.643. The Labute approximate surface area is 104 Å². The minimum absolute atomic E-state index is 0.588. The highest BCUT2D eigenvalue weighted by Gasteiger charge is 2.11. The molecule has 0 spiro atoms. The molecule has 1 N–H and O–H groups in total. The molecule has 1 unspecified atom stereocenters. The van der Waals surface area contributed by atoms with Crippen molar-refractivity contribution >= 4 is 0 Å². The number of rotatable bonds is 6. The Kier molecular flexibility index (Phi) is 5.46. The van der Waals surface area contributed by atoms with E-state index in [0.29, 0.717) is 6.04 Å². The monoisotopic (exact) mass is 234 g/mol. The molecule has 1 saturated heterocycles. The van der Waals surface area contributed by atoms with E-state index in [9.17, 15) is 0 Å². The highest BCUT2D eigenvalue weighted by molar-refractivity contribution is 5.09. The van der Waals surface area contributed by atoms with Crippen LogP contribution in [0.1, 0.15) is 31.2 Å². The van der Waals surface area contributed by atoms with Crippen molar-refractivity contribution in [2.75, 3.05) is 19.8 Å². The van der Waals surface area contributed by atoms with Gasteiger partial charge in [0.05, 0.1) is 6.61 Å². The van der Waals surface area contributed by atoms with Crippen molar-refractivity contribution < 1.29 is 4.74 Å². The molecule has 2 heterocycles. The predicted molar refractivity (Wildman–Crippen MR) is 69.0 cm³/mol. The standard InChI is InChI=1S/C14H22N2O/c1-2-8-16-14(5-1)12-17-11-3-4-13-6-9-15-10-7-13/h6-7,9-10,14,16H,1-5,8,11-12H2. The number of nitrogens with one attached hydrogen (secondary N) is 1. The van der Waals surface area contributed by atoms with Crippen LogP contribution in [0.25, 0.3) is 0 Å². The Hall–Kier alpha value is -0.930. The van der Waals surface area contributed by atoms with E-state index in [1.54, 1.807) is 0 Å². The van der Waals surface area contributed by atoms with E-state index in [4.69, 9.17) is 4.74 Å². The molecule has 0 saturated carbocycles. The molecule has 0 bridgehead atoms. The molecule has 2 rings (SSSR count). The van der Waals surface area contributed by atoms with E-state index in [-0.39, 0.29) is 0 Å². The Morgan fingerprint density at radius 1 is 1.29 bits per heavy atom. The number of aryl methyl sites for hydroxylation is 1. The van der Waals surface area contributed by atoms with Gasteiger partial charge in [-0.2, -0.15) is 0 Å². The van der Waals surface area contributed by atoms with Crippen LogP contribution >= 0.6 is 0 Å². The van der Waals surface area contributed by atoms with Crippen LogP contribution in [0.4, 0.5) is 0 Å². The number of hydrogen-bond donors (Lipinski definition) is 1. The van der Waals surface area contributed by atoms with Crippen LogP contribution in [-0.4, -0.2) is 30.8 Å². The van der Waals surface area contributed by atoms with Crippen LogP contribution < -0.4 is 5.32 Å². The van der Waals surface area contributed by atoms with Crippen LogP contribution in [0.2, 0.25) is 0 Å². The maximum Gasteiger partial charge on any atom is 0.0619 e. The molecule has 94 valence electrons. The molecule has 0 radical (unpaired) electrons. The Bertz CT molecular complexity index is 296. The quantitative estimate of drug-likeness (QED) is 0.766. The summed E-state index contributed by atoms with van der Waals surface area (Å²) in [7, 11) is 0. The van der Waals surface area contributed by atoms with Crippen LogP contribution in [0.15, 0.2) is 24.5 Å². The minimum Gasteiger partial charge on any atom is -0.380 e. The van der Waals surface area contributed by atoms with E-state index in [0.717, 1.165) is 32.6 Å². The lowest BCUT2D eigenvalue weighted by atomic mass is 10.1. The average molecular weight is 234 g/mol. The maximum absolute atomic E-state index is 5.72. The van der Waals surface area contributed by atoms with Crippen LogP contribution in [0, 0.1) is 0 Å². The lowest BCUT2D eigenvalue weighted by Crippen LogP contribution is -2.37. The molecular formula is C14H22N2O. The van der Waals surface area contributed by atoms with Crippen molar-refractivity contribution in [2.45, 2.75) is 38.1 Å². The van der Waals surface area contributed by atoms with Crippen molar-refractivity contribution in [3.05, 3.63) is 30.1 Å². The first-order valence-corrected chi connectivity index (χ1v) is 6.65. The van der Waals surface area contributed by atoms with Crippen LogP contribution in [0.3, 0.4) is 0 Å². The number of pyridine rings is 1. The van der Waals surface area contributed by atoms with Gasteiger partial charge < -0.3 is 10.1 Å². The summed E-state index contributed by atoms with van der Waals surface area (Å²) in [6, 6.07) is 4.73. The van der Waals surface area contributed by atoms with Gasteiger partial charge in [-0.15, -0.1) is 0 Å². The summed E-state index contributed by atoms with van der Waals surface area (Å²) in [6.45, 7) is 2.89. The van der Waals surface area contributed by atoms with Crippen molar-refractivity contribution in [2.24, 2.45) is 0 Å². The highest BCUT2D eigenvalue weighted by atomic mass is 16.5. The lowest BCUT2D eigenvalue weighted by Gasteiger charge is -2.23. The third kappa shape index (κ3) is 4.84. The van der Waals surface area contributed by atoms with Gasteiger partial charge in [0.2, 0.25) is 0 Å². The third-order valence-corrected chi connectivity index (χ3v) is 3.23.